The molecule has 0 radical (unpaired) electrons. The molecule has 1 atom stereocenters. The second-order valence-electron chi connectivity index (χ2n) is 7.51. The summed E-state index contributed by atoms with van der Waals surface area (Å²) >= 11 is 6.13. The van der Waals surface area contributed by atoms with Gasteiger partial charge in [-0.2, -0.15) is 0 Å². The fourth-order valence-corrected chi connectivity index (χ4v) is 4.29. The van der Waals surface area contributed by atoms with Crippen molar-refractivity contribution < 1.29 is 13.9 Å². The Labute approximate surface area is 183 Å². The van der Waals surface area contributed by atoms with Gasteiger partial charge >= 0.3 is 0 Å². The molecule has 0 bridgehead atoms. The monoisotopic (exact) mass is 431 g/mol. The highest BCUT2D eigenvalue weighted by atomic mass is 35.5. The number of rotatable bonds is 3. The van der Waals surface area contributed by atoms with Crippen molar-refractivity contribution in [2.24, 2.45) is 0 Å². The van der Waals surface area contributed by atoms with Crippen LogP contribution in [-0.2, 0) is 0 Å². The van der Waals surface area contributed by atoms with E-state index in [0.29, 0.717) is 33.0 Å². The van der Waals surface area contributed by atoms with Crippen molar-refractivity contribution in [1.29, 1.82) is 0 Å². The Morgan fingerprint density at radius 3 is 2.58 bits per heavy atom. The number of nitrogens with zero attached hydrogens (tertiary/aromatic N) is 1. The third-order valence-electron chi connectivity index (χ3n) is 5.52. The number of carbonyl (C=O) groups excluding carboxylic acids is 1. The molecule has 6 heteroatoms. The van der Waals surface area contributed by atoms with E-state index >= 15 is 0 Å². The molecule has 1 unspecified atom stereocenters. The third kappa shape index (κ3) is 3.09. The number of hydrogen-bond acceptors (Lipinski definition) is 4. The molecule has 2 heterocycles. The van der Waals surface area contributed by atoms with Crippen LogP contribution in [0, 0.1) is 6.92 Å². The molecule has 1 aromatic heterocycles. The molecule has 4 aromatic rings. The Balaban J connectivity index is 1.83. The molecule has 0 spiro atoms. The largest absolute Gasteiger partial charge is 0.497 e. The van der Waals surface area contributed by atoms with Crippen LogP contribution in [0.15, 0.2) is 75.9 Å². The first-order valence-electron chi connectivity index (χ1n) is 9.78. The number of halogens is 1. The molecule has 0 saturated carbocycles. The highest BCUT2D eigenvalue weighted by molar-refractivity contribution is 6.31. The van der Waals surface area contributed by atoms with Crippen LogP contribution in [0.2, 0.25) is 5.02 Å². The quantitative estimate of drug-likeness (QED) is 0.429. The normalized spacial score (nSPS) is 15.4. The van der Waals surface area contributed by atoms with Crippen LogP contribution in [-0.4, -0.2) is 13.0 Å². The number of ether oxygens (including phenoxy) is 1. The van der Waals surface area contributed by atoms with E-state index in [1.54, 1.807) is 30.2 Å². The van der Waals surface area contributed by atoms with Gasteiger partial charge in [-0.1, -0.05) is 35.9 Å². The van der Waals surface area contributed by atoms with Gasteiger partial charge in [0.1, 0.15) is 11.3 Å². The van der Waals surface area contributed by atoms with Crippen molar-refractivity contribution in [3.8, 4) is 5.75 Å². The van der Waals surface area contributed by atoms with E-state index in [2.05, 4.69) is 0 Å². The van der Waals surface area contributed by atoms with Gasteiger partial charge in [0, 0.05) is 10.7 Å². The van der Waals surface area contributed by atoms with Gasteiger partial charge in [-0.3, -0.25) is 14.5 Å². The lowest BCUT2D eigenvalue weighted by Crippen LogP contribution is -2.29. The molecule has 0 aliphatic carbocycles. The van der Waals surface area contributed by atoms with E-state index < -0.39 is 6.04 Å². The van der Waals surface area contributed by atoms with Gasteiger partial charge in [0.2, 0.25) is 5.76 Å². The van der Waals surface area contributed by atoms with Gasteiger partial charge in [-0.15, -0.1) is 0 Å². The minimum Gasteiger partial charge on any atom is -0.497 e. The van der Waals surface area contributed by atoms with E-state index in [1.165, 1.54) is 0 Å². The summed E-state index contributed by atoms with van der Waals surface area (Å²) in [7, 11) is 1.58. The number of hydrogen-bond donors (Lipinski definition) is 0. The zero-order valence-corrected chi connectivity index (χ0v) is 17.6. The Bertz CT molecular complexity index is 1410. The lowest BCUT2D eigenvalue weighted by molar-refractivity contribution is 0.0971. The van der Waals surface area contributed by atoms with Gasteiger partial charge in [0.15, 0.2) is 5.43 Å². The zero-order valence-electron chi connectivity index (χ0n) is 16.9. The molecule has 0 fully saturated rings. The Morgan fingerprint density at radius 2 is 1.81 bits per heavy atom. The molecule has 1 amide bonds. The van der Waals surface area contributed by atoms with Gasteiger partial charge < -0.3 is 9.15 Å². The predicted molar refractivity (Wildman–Crippen MR) is 120 cm³/mol. The highest BCUT2D eigenvalue weighted by Crippen LogP contribution is 2.42. The average Bonchev–Trinajstić information content (AvgIpc) is 3.07. The number of aryl methyl sites for hydroxylation is 1. The minimum absolute atomic E-state index is 0.0501. The van der Waals surface area contributed by atoms with E-state index in [1.807, 2.05) is 55.5 Å². The molecule has 0 N–H and O–H groups in total. The van der Waals surface area contributed by atoms with Crippen LogP contribution < -0.4 is 15.1 Å². The molecule has 5 rings (SSSR count). The van der Waals surface area contributed by atoms with Crippen LogP contribution in [0.1, 0.15) is 33.3 Å². The first kappa shape index (κ1) is 19.4. The Kier molecular flexibility index (Phi) is 4.56. The van der Waals surface area contributed by atoms with E-state index in [9.17, 15) is 9.59 Å². The van der Waals surface area contributed by atoms with Crippen molar-refractivity contribution in [3.63, 3.8) is 0 Å². The number of amides is 1. The second-order valence-corrected chi connectivity index (χ2v) is 7.94. The summed E-state index contributed by atoms with van der Waals surface area (Å²) in [6, 6.07) is 19.1. The first-order chi connectivity index (χ1) is 15.0. The summed E-state index contributed by atoms with van der Waals surface area (Å²) in [4.78, 5) is 28.7. The molecule has 1 aliphatic heterocycles. The smallest absolute Gasteiger partial charge is 0.295 e. The summed E-state index contributed by atoms with van der Waals surface area (Å²) in [6.07, 6.45) is 0. The van der Waals surface area contributed by atoms with Crippen molar-refractivity contribution in [3.05, 3.63) is 104 Å². The van der Waals surface area contributed by atoms with Crippen molar-refractivity contribution in [2.75, 3.05) is 12.0 Å². The number of fused-ring (bicyclic) bond motifs is 2. The molecule has 5 nitrogen and oxygen atoms in total. The fourth-order valence-electron chi connectivity index (χ4n) is 4.12. The summed E-state index contributed by atoms with van der Waals surface area (Å²) in [5.41, 5.74) is 2.80. The molecule has 154 valence electrons. The van der Waals surface area contributed by atoms with Crippen LogP contribution in [0.5, 0.6) is 5.75 Å². The van der Waals surface area contributed by atoms with Gasteiger partial charge in [0.05, 0.1) is 24.1 Å². The average molecular weight is 432 g/mol. The fraction of sp³-hybridized carbons (Fsp3) is 0.120. The van der Waals surface area contributed by atoms with Gasteiger partial charge in [0.25, 0.3) is 5.91 Å². The summed E-state index contributed by atoms with van der Waals surface area (Å²) in [5, 5.41) is 0.774. The van der Waals surface area contributed by atoms with Gasteiger partial charge in [-0.25, -0.2) is 0 Å². The zero-order chi connectivity index (χ0) is 21.7. The van der Waals surface area contributed by atoms with Crippen LogP contribution in [0.3, 0.4) is 0 Å². The number of benzene rings is 3. The van der Waals surface area contributed by atoms with E-state index in [-0.39, 0.29) is 17.1 Å². The van der Waals surface area contributed by atoms with Crippen molar-refractivity contribution in [2.45, 2.75) is 13.0 Å². The molecule has 0 saturated heterocycles. The maximum atomic E-state index is 13.6. The van der Waals surface area contributed by atoms with E-state index in [0.717, 1.165) is 11.1 Å². The minimum atomic E-state index is -0.654. The number of methoxy groups -OCH3 is 1. The predicted octanol–water partition coefficient (Wildman–Crippen LogP) is 5.51. The molecular formula is C25H18ClNO4. The second kappa shape index (κ2) is 7.29. The first-order valence-corrected chi connectivity index (χ1v) is 10.2. The SMILES string of the molecule is COc1cccc(C2c3c(oc4ccc(Cl)cc4c3=O)C(=O)N2c2cccc(C)c2)c1. The highest BCUT2D eigenvalue weighted by Gasteiger charge is 2.43. The van der Waals surface area contributed by atoms with Crippen molar-refractivity contribution >= 4 is 34.2 Å². The Hall–Kier alpha value is -3.57. The van der Waals surface area contributed by atoms with E-state index in [4.69, 9.17) is 20.8 Å². The van der Waals surface area contributed by atoms with Crippen LogP contribution in [0.25, 0.3) is 11.0 Å². The van der Waals surface area contributed by atoms with Crippen LogP contribution >= 0.6 is 11.6 Å². The maximum Gasteiger partial charge on any atom is 0.295 e. The van der Waals surface area contributed by atoms with Crippen molar-refractivity contribution in [1.82, 2.24) is 0 Å². The lowest BCUT2D eigenvalue weighted by Gasteiger charge is -2.25. The Morgan fingerprint density at radius 1 is 1.00 bits per heavy atom. The summed E-state index contributed by atoms with van der Waals surface area (Å²) < 4.78 is 11.3. The number of anilines is 1. The topological polar surface area (TPSA) is 59.8 Å². The standard InChI is InChI=1S/C25H18ClNO4/c1-14-5-3-7-17(11-14)27-22(15-6-4-8-18(12-15)30-2)21-23(28)19-13-16(26)9-10-20(19)31-24(21)25(27)29/h3-13,22H,1-2H3. The third-order valence-corrected chi connectivity index (χ3v) is 5.76. The molecule has 31 heavy (non-hydrogen) atoms. The van der Waals surface area contributed by atoms with Crippen LogP contribution in [0.4, 0.5) is 5.69 Å². The maximum absolute atomic E-state index is 13.6. The number of carbonyl (C=O) groups is 1. The summed E-state index contributed by atoms with van der Waals surface area (Å²) in [5.74, 6) is 0.326. The lowest BCUT2D eigenvalue weighted by atomic mass is 9.98. The molecule has 3 aromatic carbocycles. The molecule has 1 aliphatic rings. The molecular weight excluding hydrogens is 414 g/mol. The van der Waals surface area contributed by atoms with Gasteiger partial charge in [-0.05, 0) is 60.5 Å². The summed E-state index contributed by atoms with van der Waals surface area (Å²) in [6.45, 7) is 1.96.